The van der Waals surface area contributed by atoms with Crippen molar-refractivity contribution in [2.45, 2.75) is 32.4 Å². The molecule has 3 aromatic rings. The lowest BCUT2D eigenvalue weighted by Crippen LogP contribution is -2.43. The second kappa shape index (κ2) is 5.95. The molecule has 0 radical (unpaired) electrons. The fourth-order valence-corrected chi connectivity index (χ4v) is 3.05. The molecule has 8 nitrogen and oxygen atoms in total. The average Bonchev–Trinajstić information content (AvgIpc) is 3.30. The van der Waals surface area contributed by atoms with Crippen molar-refractivity contribution in [1.29, 1.82) is 0 Å². The van der Waals surface area contributed by atoms with E-state index in [4.69, 9.17) is 4.42 Å². The van der Waals surface area contributed by atoms with E-state index in [-0.39, 0.29) is 11.9 Å². The van der Waals surface area contributed by atoms with E-state index in [0.717, 1.165) is 31.0 Å². The van der Waals surface area contributed by atoms with Gasteiger partial charge in [0.15, 0.2) is 11.5 Å². The van der Waals surface area contributed by atoms with Gasteiger partial charge in [0.2, 0.25) is 5.91 Å². The molecule has 1 aliphatic rings. The maximum Gasteiger partial charge on any atom is 0.243 e. The van der Waals surface area contributed by atoms with Crippen LogP contribution < -0.4 is 10.2 Å². The van der Waals surface area contributed by atoms with Crippen molar-refractivity contribution in [2.24, 2.45) is 0 Å². The highest BCUT2D eigenvalue weighted by molar-refractivity contribution is 5.85. The van der Waals surface area contributed by atoms with Crippen molar-refractivity contribution < 1.29 is 9.21 Å². The number of aryl methyl sites for hydroxylation is 1. The van der Waals surface area contributed by atoms with E-state index >= 15 is 0 Å². The molecule has 24 heavy (non-hydrogen) atoms. The maximum absolute atomic E-state index is 12.5. The van der Waals surface area contributed by atoms with Crippen molar-refractivity contribution in [1.82, 2.24) is 25.1 Å². The molecule has 4 rings (SSSR count). The van der Waals surface area contributed by atoms with Gasteiger partial charge >= 0.3 is 0 Å². The second-order valence-corrected chi connectivity index (χ2v) is 5.85. The van der Waals surface area contributed by atoms with Crippen LogP contribution in [0.4, 0.5) is 5.82 Å². The fourth-order valence-electron chi connectivity index (χ4n) is 3.05. The van der Waals surface area contributed by atoms with Gasteiger partial charge in [0, 0.05) is 6.54 Å². The Morgan fingerprint density at radius 1 is 1.38 bits per heavy atom. The molecule has 0 spiro atoms. The molecule has 0 aliphatic carbocycles. The molecular weight excluding hydrogens is 308 g/mol. The molecule has 1 atom stereocenters. The molecule has 3 aromatic heterocycles. The number of anilines is 1. The number of rotatable bonds is 4. The minimum absolute atomic E-state index is 0.0134. The number of fused-ring (bicyclic) bond motifs is 1. The Morgan fingerprint density at radius 3 is 3.12 bits per heavy atom. The summed E-state index contributed by atoms with van der Waals surface area (Å²) in [6, 6.07) is 7.19. The van der Waals surface area contributed by atoms with Crippen LogP contribution in [0.15, 0.2) is 34.9 Å². The number of hydrogen-bond donors (Lipinski definition) is 1. The maximum atomic E-state index is 12.5. The molecule has 1 amide bonds. The SMILES string of the molecule is Cc1nc2ccc(N3CCC[C@H]3C(=O)NCc3ccco3)nn2n1. The third-order valence-electron chi connectivity index (χ3n) is 4.17. The Kier molecular flexibility index (Phi) is 3.64. The van der Waals surface area contributed by atoms with E-state index in [1.165, 1.54) is 4.63 Å². The minimum atomic E-state index is -0.227. The number of amides is 1. The van der Waals surface area contributed by atoms with Crippen molar-refractivity contribution in [2.75, 3.05) is 11.4 Å². The monoisotopic (exact) mass is 326 g/mol. The van der Waals surface area contributed by atoms with Gasteiger partial charge in [-0.2, -0.15) is 0 Å². The molecule has 4 heterocycles. The Hall–Kier alpha value is -2.90. The molecule has 1 aliphatic heterocycles. The molecule has 124 valence electrons. The Morgan fingerprint density at radius 2 is 2.29 bits per heavy atom. The fraction of sp³-hybridized carbons (Fsp3) is 0.375. The van der Waals surface area contributed by atoms with Gasteiger partial charge in [-0.3, -0.25) is 4.79 Å². The summed E-state index contributed by atoms with van der Waals surface area (Å²) in [5, 5.41) is 11.7. The standard InChI is InChI=1S/C16H18N6O2/c1-11-18-14-6-7-15(20-22(14)19-11)21-8-2-5-13(21)16(23)17-10-12-4-3-9-24-12/h3-4,6-7,9,13H,2,5,8,10H2,1H3,(H,17,23)/t13-/m0/s1. The van der Waals surface area contributed by atoms with E-state index in [1.807, 2.05) is 36.1 Å². The topological polar surface area (TPSA) is 88.6 Å². The van der Waals surface area contributed by atoms with Gasteiger partial charge < -0.3 is 14.6 Å². The molecule has 1 N–H and O–H groups in total. The molecule has 0 unspecified atom stereocenters. The van der Waals surface area contributed by atoms with Gasteiger partial charge in [-0.1, -0.05) is 0 Å². The van der Waals surface area contributed by atoms with Gasteiger partial charge in [0.25, 0.3) is 0 Å². The zero-order chi connectivity index (χ0) is 16.5. The largest absolute Gasteiger partial charge is 0.467 e. The van der Waals surface area contributed by atoms with Gasteiger partial charge in [0.1, 0.15) is 17.6 Å². The highest BCUT2D eigenvalue weighted by Gasteiger charge is 2.32. The Bertz CT molecular complexity index is 857. The Labute approximate surface area is 138 Å². The normalized spacial score (nSPS) is 17.5. The summed E-state index contributed by atoms with van der Waals surface area (Å²) >= 11 is 0. The molecule has 1 fully saturated rings. The van der Waals surface area contributed by atoms with Crippen LogP contribution in [0.25, 0.3) is 5.65 Å². The van der Waals surface area contributed by atoms with Gasteiger partial charge in [-0.15, -0.1) is 14.8 Å². The summed E-state index contributed by atoms with van der Waals surface area (Å²) in [6.07, 6.45) is 3.36. The highest BCUT2D eigenvalue weighted by Crippen LogP contribution is 2.24. The summed E-state index contributed by atoms with van der Waals surface area (Å²) in [5.74, 6) is 2.14. The van der Waals surface area contributed by atoms with Crippen LogP contribution in [0, 0.1) is 6.92 Å². The molecule has 0 aromatic carbocycles. The summed E-state index contributed by atoms with van der Waals surface area (Å²) in [4.78, 5) is 18.8. The quantitative estimate of drug-likeness (QED) is 0.778. The number of furan rings is 1. The molecule has 0 bridgehead atoms. The summed E-state index contributed by atoms with van der Waals surface area (Å²) in [6.45, 7) is 3.02. The van der Waals surface area contributed by atoms with Crippen LogP contribution in [0.3, 0.4) is 0 Å². The summed E-state index contributed by atoms with van der Waals surface area (Å²) < 4.78 is 6.76. The van der Waals surface area contributed by atoms with E-state index < -0.39 is 0 Å². The summed E-state index contributed by atoms with van der Waals surface area (Å²) in [5.41, 5.74) is 0.703. The number of carbonyl (C=O) groups is 1. The minimum Gasteiger partial charge on any atom is -0.467 e. The van der Waals surface area contributed by atoms with Gasteiger partial charge in [-0.05, 0) is 44.0 Å². The summed E-state index contributed by atoms with van der Waals surface area (Å²) in [7, 11) is 0. The second-order valence-electron chi connectivity index (χ2n) is 5.85. The number of nitrogens with one attached hydrogen (secondary N) is 1. The van der Waals surface area contributed by atoms with Crippen molar-refractivity contribution >= 4 is 17.4 Å². The number of carbonyl (C=O) groups excluding carboxylic acids is 1. The van der Waals surface area contributed by atoms with Gasteiger partial charge in [-0.25, -0.2) is 4.98 Å². The predicted molar refractivity (Wildman–Crippen MR) is 86.4 cm³/mol. The zero-order valence-electron chi connectivity index (χ0n) is 13.3. The third kappa shape index (κ3) is 2.70. The van der Waals surface area contributed by atoms with Crippen molar-refractivity contribution in [3.8, 4) is 0 Å². The van der Waals surface area contributed by atoms with Crippen LogP contribution >= 0.6 is 0 Å². The van der Waals surface area contributed by atoms with E-state index in [0.29, 0.717) is 18.0 Å². The van der Waals surface area contributed by atoms with Crippen LogP contribution in [-0.4, -0.2) is 38.3 Å². The van der Waals surface area contributed by atoms with Crippen LogP contribution in [0.1, 0.15) is 24.4 Å². The predicted octanol–water partition coefficient (Wildman–Crippen LogP) is 1.31. The van der Waals surface area contributed by atoms with Crippen LogP contribution in [-0.2, 0) is 11.3 Å². The highest BCUT2D eigenvalue weighted by atomic mass is 16.3. The number of nitrogens with zero attached hydrogens (tertiary/aromatic N) is 5. The van der Waals surface area contributed by atoms with E-state index in [2.05, 4.69) is 20.5 Å². The number of aromatic nitrogens is 4. The third-order valence-corrected chi connectivity index (χ3v) is 4.17. The smallest absolute Gasteiger partial charge is 0.243 e. The van der Waals surface area contributed by atoms with Crippen molar-refractivity contribution in [3.05, 3.63) is 42.1 Å². The lowest BCUT2D eigenvalue weighted by molar-refractivity contribution is -0.122. The molecule has 0 saturated carbocycles. The first-order valence-corrected chi connectivity index (χ1v) is 7.98. The molecule has 8 heteroatoms. The zero-order valence-corrected chi connectivity index (χ0v) is 13.3. The molecule has 1 saturated heterocycles. The Balaban J connectivity index is 1.51. The van der Waals surface area contributed by atoms with Crippen molar-refractivity contribution in [3.63, 3.8) is 0 Å². The average molecular weight is 326 g/mol. The van der Waals surface area contributed by atoms with Gasteiger partial charge in [0.05, 0.1) is 12.8 Å². The first kappa shape index (κ1) is 14.7. The first-order chi connectivity index (χ1) is 11.7. The molecular formula is C16H18N6O2. The van der Waals surface area contributed by atoms with Crippen LogP contribution in [0.2, 0.25) is 0 Å². The van der Waals surface area contributed by atoms with E-state index in [9.17, 15) is 4.79 Å². The van der Waals surface area contributed by atoms with Crippen LogP contribution in [0.5, 0.6) is 0 Å². The van der Waals surface area contributed by atoms with E-state index in [1.54, 1.807) is 6.26 Å². The number of hydrogen-bond acceptors (Lipinski definition) is 6. The lowest BCUT2D eigenvalue weighted by atomic mass is 10.2. The lowest BCUT2D eigenvalue weighted by Gasteiger charge is -2.24. The first-order valence-electron chi connectivity index (χ1n) is 7.98.